The van der Waals surface area contributed by atoms with Crippen molar-refractivity contribution in [2.45, 2.75) is 0 Å². The van der Waals surface area contributed by atoms with Crippen molar-refractivity contribution in [3.05, 3.63) is 34.6 Å². The molecule has 2 nitrogen and oxygen atoms in total. The minimum absolute atomic E-state index is 0.0941. The third kappa shape index (κ3) is 1.68. The second-order valence-electron chi connectivity index (χ2n) is 1.99. The average Bonchev–Trinajstić information content (AvgIpc) is 2.03. The summed E-state index contributed by atoms with van der Waals surface area (Å²) in [7, 11) is 0. The van der Waals surface area contributed by atoms with Gasteiger partial charge in [0.2, 0.25) is 0 Å². The van der Waals surface area contributed by atoms with Gasteiger partial charge >= 0.3 is 0 Å². The molecule has 0 aliphatic heterocycles. The molecule has 64 valence electrons. The van der Waals surface area contributed by atoms with Crippen LogP contribution in [0.15, 0.2) is 23.4 Å². The second-order valence-corrected chi connectivity index (χ2v) is 2.75. The highest BCUT2D eigenvalue weighted by Crippen LogP contribution is 2.20. The standard InChI is InChI=1S/C7H4Cl2FNO/c8-4-2-1-3-5(10)6(4)7(9)11-12/h1-3,12H. The molecule has 0 radical (unpaired) electrons. The van der Waals surface area contributed by atoms with Gasteiger partial charge in [-0.1, -0.05) is 34.4 Å². The van der Waals surface area contributed by atoms with E-state index in [1.807, 2.05) is 0 Å². The molecule has 12 heavy (non-hydrogen) atoms. The zero-order chi connectivity index (χ0) is 9.14. The minimum atomic E-state index is -0.620. The number of rotatable bonds is 1. The first-order valence-corrected chi connectivity index (χ1v) is 3.74. The van der Waals surface area contributed by atoms with Crippen LogP contribution in [0.3, 0.4) is 0 Å². The van der Waals surface area contributed by atoms with E-state index in [4.69, 9.17) is 28.4 Å². The van der Waals surface area contributed by atoms with Crippen LogP contribution in [0.25, 0.3) is 0 Å². The quantitative estimate of drug-likeness (QED) is 0.429. The minimum Gasteiger partial charge on any atom is -0.410 e. The van der Waals surface area contributed by atoms with Gasteiger partial charge in [0, 0.05) is 0 Å². The number of hydrogen-bond acceptors (Lipinski definition) is 2. The molecule has 5 heteroatoms. The van der Waals surface area contributed by atoms with E-state index in [0.29, 0.717) is 0 Å². The summed E-state index contributed by atoms with van der Waals surface area (Å²) in [5.74, 6) is -0.620. The smallest absolute Gasteiger partial charge is 0.179 e. The molecular weight excluding hydrogens is 204 g/mol. The molecule has 0 unspecified atom stereocenters. The van der Waals surface area contributed by atoms with E-state index in [1.165, 1.54) is 18.2 Å². The largest absolute Gasteiger partial charge is 0.410 e. The Labute approximate surface area is 78.2 Å². The van der Waals surface area contributed by atoms with Gasteiger partial charge in [-0.3, -0.25) is 0 Å². The molecule has 0 aliphatic rings. The summed E-state index contributed by atoms with van der Waals surface area (Å²) in [5, 5.41) is 10.7. The summed E-state index contributed by atoms with van der Waals surface area (Å²) in [6, 6.07) is 4.06. The molecule has 0 fully saturated rings. The molecule has 0 atom stereocenters. The highest BCUT2D eigenvalue weighted by molar-refractivity contribution is 6.70. The fourth-order valence-corrected chi connectivity index (χ4v) is 1.24. The highest BCUT2D eigenvalue weighted by Gasteiger charge is 2.11. The molecule has 1 aromatic carbocycles. The van der Waals surface area contributed by atoms with Crippen LogP contribution in [-0.2, 0) is 0 Å². The maximum atomic E-state index is 12.9. The first kappa shape index (κ1) is 9.29. The fourth-order valence-electron chi connectivity index (χ4n) is 0.745. The van der Waals surface area contributed by atoms with Crippen LogP contribution in [0.4, 0.5) is 4.39 Å². The van der Waals surface area contributed by atoms with Crippen LogP contribution in [-0.4, -0.2) is 10.4 Å². The van der Waals surface area contributed by atoms with Crippen molar-refractivity contribution in [3.63, 3.8) is 0 Å². The predicted molar refractivity (Wildman–Crippen MR) is 45.6 cm³/mol. The zero-order valence-corrected chi connectivity index (χ0v) is 7.27. The topological polar surface area (TPSA) is 32.6 Å². The van der Waals surface area contributed by atoms with E-state index in [0.717, 1.165) is 0 Å². The molecule has 0 amide bonds. The fraction of sp³-hybridized carbons (Fsp3) is 0. The Hall–Kier alpha value is -0.800. The van der Waals surface area contributed by atoms with E-state index in [-0.39, 0.29) is 15.8 Å². The lowest BCUT2D eigenvalue weighted by Gasteiger charge is -2.00. The first-order valence-electron chi connectivity index (χ1n) is 2.98. The number of halogens is 3. The summed E-state index contributed by atoms with van der Waals surface area (Å²) in [5.41, 5.74) is -0.0941. The highest BCUT2D eigenvalue weighted by atomic mass is 35.5. The van der Waals surface area contributed by atoms with Crippen LogP contribution < -0.4 is 0 Å². The van der Waals surface area contributed by atoms with Crippen LogP contribution in [0.5, 0.6) is 0 Å². The van der Waals surface area contributed by atoms with Gasteiger partial charge in [-0.15, -0.1) is 0 Å². The number of benzene rings is 1. The third-order valence-corrected chi connectivity index (χ3v) is 1.84. The van der Waals surface area contributed by atoms with Gasteiger partial charge in [-0.25, -0.2) is 4.39 Å². The molecule has 0 aliphatic carbocycles. The summed E-state index contributed by atoms with van der Waals surface area (Å²) < 4.78 is 12.9. The van der Waals surface area contributed by atoms with Crippen molar-refractivity contribution in [2.75, 3.05) is 0 Å². The molecule has 1 rings (SSSR count). The molecule has 0 spiro atoms. The first-order chi connectivity index (χ1) is 5.66. The molecule has 0 heterocycles. The number of hydrogen-bond donors (Lipinski definition) is 1. The lowest BCUT2D eigenvalue weighted by molar-refractivity contribution is 0.320. The van der Waals surface area contributed by atoms with Crippen LogP contribution >= 0.6 is 23.2 Å². The van der Waals surface area contributed by atoms with Crippen molar-refractivity contribution >= 4 is 28.4 Å². The van der Waals surface area contributed by atoms with E-state index < -0.39 is 5.82 Å². The molecule has 1 N–H and O–H groups in total. The Morgan fingerprint density at radius 3 is 2.67 bits per heavy atom. The SMILES string of the molecule is ON=C(Cl)c1c(F)cccc1Cl. The monoisotopic (exact) mass is 207 g/mol. The van der Waals surface area contributed by atoms with Gasteiger partial charge in [0.05, 0.1) is 10.6 Å². The zero-order valence-electron chi connectivity index (χ0n) is 5.76. The molecule has 0 saturated carbocycles. The van der Waals surface area contributed by atoms with Gasteiger partial charge in [0.25, 0.3) is 0 Å². The van der Waals surface area contributed by atoms with Crippen LogP contribution in [0.1, 0.15) is 5.56 Å². The van der Waals surface area contributed by atoms with Crippen molar-refractivity contribution < 1.29 is 9.60 Å². The summed E-state index contributed by atoms with van der Waals surface area (Å²) in [6.07, 6.45) is 0. The van der Waals surface area contributed by atoms with Crippen molar-refractivity contribution in [1.82, 2.24) is 0 Å². The lowest BCUT2D eigenvalue weighted by Crippen LogP contribution is -1.96. The summed E-state index contributed by atoms with van der Waals surface area (Å²) in [4.78, 5) is 0. The van der Waals surface area contributed by atoms with E-state index in [9.17, 15) is 4.39 Å². The Morgan fingerprint density at radius 2 is 2.17 bits per heavy atom. The Kier molecular flexibility index (Phi) is 2.89. The van der Waals surface area contributed by atoms with E-state index in [2.05, 4.69) is 5.16 Å². The van der Waals surface area contributed by atoms with E-state index >= 15 is 0 Å². The van der Waals surface area contributed by atoms with Gasteiger partial charge in [0.1, 0.15) is 5.82 Å². The predicted octanol–water partition coefficient (Wildman–Crippen LogP) is 2.85. The normalized spacial score (nSPS) is 11.8. The molecule has 0 bridgehead atoms. The van der Waals surface area contributed by atoms with Crippen molar-refractivity contribution in [2.24, 2.45) is 5.16 Å². The van der Waals surface area contributed by atoms with Crippen LogP contribution in [0.2, 0.25) is 5.02 Å². The van der Waals surface area contributed by atoms with Crippen molar-refractivity contribution in [3.8, 4) is 0 Å². The third-order valence-electron chi connectivity index (χ3n) is 1.26. The average molecular weight is 208 g/mol. The lowest BCUT2D eigenvalue weighted by atomic mass is 10.2. The second kappa shape index (κ2) is 3.74. The Balaban J connectivity index is 3.31. The molecular formula is C7H4Cl2FNO. The van der Waals surface area contributed by atoms with E-state index in [1.54, 1.807) is 0 Å². The summed E-state index contributed by atoms with van der Waals surface area (Å²) >= 11 is 11.0. The Morgan fingerprint density at radius 1 is 1.50 bits per heavy atom. The van der Waals surface area contributed by atoms with Gasteiger partial charge in [0.15, 0.2) is 5.17 Å². The number of oxime groups is 1. The molecule has 0 aromatic heterocycles. The maximum Gasteiger partial charge on any atom is 0.179 e. The van der Waals surface area contributed by atoms with Gasteiger partial charge < -0.3 is 5.21 Å². The molecule has 0 saturated heterocycles. The number of nitrogens with zero attached hydrogens (tertiary/aromatic N) is 1. The van der Waals surface area contributed by atoms with Crippen LogP contribution in [0, 0.1) is 5.82 Å². The molecule has 1 aromatic rings. The summed E-state index contributed by atoms with van der Waals surface area (Å²) in [6.45, 7) is 0. The Bertz CT molecular complexity index is 307. The van der Waals surface area contributed by atoms with Crippen molar-refractivity contribution in [1.29, 1.82) is 0 Å². The van der Waals surface area contributed by atoms with Gasteiger partial charge in [-0.2, -0.15) is 0 Å². The maximum absolute atomic E-state index is 12.9. The van der Waals surface area contributed by atoms with Gasteiger partial charge in [-0.05, 0) is 12.1 Å².